The standard InChI is InChI=1S/C19H31N3O2S/c1-15(2)7-11-22(3)17(24)14-19(8-5-4-6-9-19)13-16(23)21-18-20-10-12-25-18/h10,12,15H,4-9,11,13-14H2,1-3H3,(H,20,21,23). The van der Waals surface area contributed by atoms with E-state index >= 15 is 0 Å². The minimum atomic E-state index is -0.192. The van der Waals surface area contributed by atoms with Gasteiger partial charge in [-0.2, -0.15) is 0 Å². The van der Waals surface area contributed by atoms with Gasteiger partial charge in [-0.25, -0.2) is 4.98 Å². The lowest BCUT2D eigenvalue weighted by Gasteiger charge is -2.37. The number of aromatic nitrogens is 1. The van der Waals surface area contributed by atoms with E-state index in [0.29, 0.717) is 23.9 Å². The second-order valence-corrected chi connectivity index (χ2v) is 8.69. The maximum Gasteiger partial charge on any atom is 0.226 e. The molecule has 1 fully saturated rings. The van der Waals surface area contributed by atoms with Crippen LogP contribution in [0.5, 0.6) is 0 Å². The monoisotopic (exact) mass is 365 g/mol. The van der Waals surface area contributed by atoms with Crippen molar-refractivity contribution in [2.45, 2.75) is 65.2 Å². The van der Waals surface area contributed by atoms with E-state index in [4.69, 9.17) is 0 Å². The minimum absolute atomic E-state index is 0.0190. The van der Waals surface area contributed by atoms with E-state index in [1.807, 2.05) is 17.3 Å². The van der Waals surface area contributed by atoms with Crippen LogP contribution in [0.1, 0.15) is 65.2 Å². The smallest absolute Gasteiger partial charge is 0.226 e. The molecule has 0 saturated heterocycles. The molecule has 5 nitrogen and oxygen atoms in total. The number of carbonyl (C=O) groups is 2. The quantitative estimate of drug-likeness (QED) is 0.746. The first-order valence-electron chi connectivity index (χ1n) is 9.33. The molecule has 0 radical (unpaired) electrons. The Morgan fingerprint density at radius 3 is 2.60 bits per heavy atom. The van der Waals surface area contributed by atoms with Gasteiger partial charge >= 0.3 is 0 Å². The van der Waals surface area contributed by atoms with Crippen LogP contribution in [0.4, 0.5) is 5.13 Å². The van der Waals surface area contributed by atoms with Crippen molar-refractivity contribution in [3.05, 3.63) is 11.6 Å². The highest BCUT2D eigenvalue weighted by Crippen LogP contribution is 2.43. The third kappa shape index (κ3) is 6.42. The van der Waals surface area contributed by atoms with E-state index in [1.165, 1.54) is 17.8 Å². The zero-order chi connectivity index (χ0) is 18.3. The molecule has 1 saturated carbocycles. The SMILES string of the molecule is CC(C)CCN(C)C(=O)CC1(CC(=O)Nc2nccs2)CCCCC1. The second-order valence-electron chi connectivity index (χ2n) is 7.80. The van der Waals surface area contributed by atoms with Crippen molar-refractivity contribution >= 4 is 28.3 Å². The van der Waals surface area contributed by atoms with Crippen molar-refractivity contribution in [1.29, 1.82) is 0 Å². The number of hydrogen-bond acceptors (Lipinski definition) is 4. The highest BCUT2D eigenvalue weighted by atomic mass is 32.1. The Bertz CT molecular complexity index is 551. The summed E-state index contributed by atoms with van der Waals surface area (Å²) in [7, 11) is 1.89. The first-order chi connectivity index (χ1) is 11.9. The molecule has 25 heavy (non-hydrogen) atoms. The van der Waals surface area contributed by atoms with Crippen LogP contribution < -0.4 is 5.32 Å². The Morgan fingerprint density at radius 2 is 2.00 bits per heavy atom. The third-order valence-electron chi connectivity index (χ3n) is 5.12. The number of hydrogen-bond donors (Lipinski definition) is 1. The molecule has 1 aliphatic carbocycles. The summed E-state index contributed by atoms with van der Waals surface area (Å²) in [6.07, 6.45) is 8.92. The molecule has 2 amide bonds. The fraction of sp³-hybridized carbons (Fsp3) is 0.737. The summed E-state index contributed by atoms with van der Waals surface area (Å²) >= 11 is 1.42. The Labute approximate surface area is 155 Å². The van der Waals surface area contributed by atoms with Gasteiger partial charge in [-0.1, -0.05) is 33.1 Å². The lowest BCUT2D eigenvalue weighted by Crippen LogP contribution is -2.37. The largest absolute Gasteiger partial charge is 0.346 e. The lowest BCUT2D eigenvalue weighted by atomic mass is 9.69. The van der Waals surface area contributed by atoms with Gasteiger partial charge in [-0.15, -0.1) is 11.3 Å². The molecule has 1 aliphatic rings. The highest BCUT2D eigenvalue weighted by Gasteiger charge is 2.37. The van der Waals surface area contributed by atoms with Crippen molar-refractivity contribution in [1.82, 2.24) is 9.88 Å². The van der Waals surface area contributed by atoms with Gasteiger partial charge < -0.3 is 10.2 Å². The summed E-state index contributed by atoms with van der Waals surface area (Å²) in [6.45, 7) is 5.13. The van der Waals surface area contributed by atoms with Crippen molar-refractivity contribution in [2.75, 3.05) is 18.9 Å². The Hall–Kier alpha value is -1.43. The molecule has 0 spiro atoms. The summed E-state index contributed by atoms with van der Waals surface area (Å²) in [5, 5.41) is 5.36. The fourth-order valence-corrected chi connectivity index (χ4v) is 4.08. The predicted octanol–water partition coefficient (Wildman–Crippen LogP) is 4.32. The molecule has 0 unspecified atom stereocenters. The number of amides is 2. The maximum atomic E-state index is 12.7. The molecule has 0 aliphatic heterocycles. The van der Waals surface area contributed by atoms with Gasteiger partial charge in [-0.05, 0) is 30.6 Å². The lowest BCUT2D eigenvalue weighted by molar-refractivity contribution is -0.134. The van der Waals surface area contributed by atoms with Gasteiger partial charge in [0.1, 0.15) is 0 Å². The average molecular weight is 366 g/mol. The van der Waals surface area contributed by atoms with E-state index in [0.717, 1.165) is 38.6 Å². The highest BCUT2D eigenvalue weighted by molar-refractivity contribution is 7.13. The Kier molecular flexibility index (Phi) is 7.41. The van der Waals surface area contributed by atoms with Crippen LogP contribution in [0.15, 0.2) is 11.6 Å². The fourth-order valence-electron chi connectivity index (χ4n) is 3.54. The van der Waals surface area contributed by atoms with Crippen LogP contribution in [0.25, 0.3) is 0 Å². The van der Waals surface area contributed by atoms with Crippen LogP contribution in [0, 0.1) is 11.3 Å². The number of rotatable bonds is 8. The molecule has 1 aromatic rings. The molecular formula is C19H31N3O2S. The van der Waals surface area contributed by atoms with Crippen LogP contribution in [0.2, 0.25) is 0 Å². The molecule has 0 atom stereocenters. The van der Waals surface area contributed by atoms with Crippen molar-refractivity contribution in [3.63, 3.8) is 0 Å². The topological polar surface area (TPSA) is 62.3 Å². The minimum Gasteiger partial charge on any atom is -0.346 e. The van der Waals surface area contributed by atoms with Crippen LogP contribution in [-0.4, -0.2) is 35.3 Å². The number of anilines is 1. The molecule has 1 heterocycles. The molecule has 0 aromatic carbocycles. The average Bonchev–Trinajstić information content (AvgIpc) is 3.05. The normalized spacial score (nSPS) is 16.6. The zero-order valence-corrected chi connectivity index (χ0v) is 16.5. The molecule has 2 rings (SSSR count). The number of carbonyl (C=O) groups excluding carboxylic acids is 2. The molecule has 1 N–H and O–H groups in total. The van der Waals surface area contributed by atoms with Gasteiger partial charge in [-0.3, -0.25) is 9.59 Å². The van der Waals surface area contributed by atoms with E-state index in [9.17, 15) is 9.59 Å². The third-order valence-corrected chi connectivity index (χ3v) is 5.81. The number of thiazole rings is 1. The molecule has 6 heteroatoms. The summed E-state index contributed by atoms with van der Waals surface area (Å²) in [5.74, 6) is 0.738. The van der Waals surface area contributed by atoms with Crippen LogP contribution >= 0.6 is 11.3 Å². The Balaban J connectivity index is 1.96. The van der Waals surface area contributed by atoms with Gasteiger partial charge in [0, 0.05) is 38.0 Å². The molecule has 1 aromatic heterocycles. The number of nitrogens with one attached hydrogen (secondary N) is 1. The van der Waals surface area contributed by atoms with Crippen molar-refractivity contribution in [3.8, 4) is 0 Å². The Morgan fingerprint density at radius 1 is 1.28 bits per heavy atom. The van der Waals surface area contributed by atoms with E-state index in [-0.39, 0.29) is 17.2 Å². The van der Waals surface area contributed by atoms with E-state index in [1.54, 1.807) is 6.20 Å². The first kappa shape index (κ1) is 19.9. The van der Waals surface area contributed by atoms with Gasteiger partial charge in [0.05, 0.1) is 0 Å². The molecule has 0 bridgehead atoms. The zero-order valence-electron chi connectivity index (χ0n) is 15.7. The van der Waals surface area contributed by atoms with Crippen molar-refractivity contribution in [2.24, 2.45) is 11.3 Å². The van der Waals surface area contributed by atoms with E-state index < -0.39 is 0 Å². The molecule has 140 valence electrons. The second kappa shape index (κ2) is 9.32. The summed E-state index contributed by atoms with van der Waals surface area (Å²) in [6, 6.07) is 0. The van der Waals surface area contributed by atoms with Crippen LogP contribution in [0.3, 0.4) is 0 Å². The van der Waals surface area contributed by atoms with E-state index in [2.05, 4.69) is 24.1 Å². The summed E-state index contributed by atoms with van der Waals surface area (Å²) in [5.41, 5.74) is -0.192. The summed E-state index contributed by atoms with van der Waals surface area (Å²) in [4.78, 5) is 31.1. The predicted molar refractivity (Wildman–Crippen MR) is 103 cm³/mol. The van der Waals surface area contributed by atoms with Gasteiger partial charge in [0.25, 0.3) is 0 Å². The summed E-state index contributed by atoms with van der Waals surface area (Å²) < 4.78 is 0. The maximum absolute atomic E-state index is 12.7. The van der Waals surface area contributed by atoms with Crippen LogP contribution in [-0.2, 0) is 9.59 Å². The van der Waals surface area contributed by atoms with Gasteiger partial charge in [0.15, 0.2) is 5.13 Å². The van der Waals surface area contributed by atoms with Gasteiger partial charge in [0.2, 0.25) is 11.8 Å². The first-order valence-corrected chi connectivity index (χ1v) is 10.2. The molecular weight excluding hydrogens is 334 g/mol. The number of nitrogens with zero attached hydrogens (tertiary/aromatic N) is 2. The van der Waals surface area contributed by atoms with Crippen molar-refractivity contribution < 1.29 is 9.59 Å².